The number of carbonyl (C=O) groups is 3. The van der Waals surface area contributed by atoms with E-state index in [1.165, 1.54) is 24.3 Å². The zero-order valence-corrected chi connectivity index (χ0v) is 19.0. The van der Waals surface area contributed by atoms with Crippen LogP contribution >= 0.6 is 0 Å². The first kappa shape index (κ1) is 27.2. The Kier molecular flexibility index (Phi) is 8.81. The van der Waals surface area contributed by atoms with E-state index in [0.29, 0.717) is 11.6 Å². The molecule has 0 aromatic heterocycles. The summed E-state index contributed by atoms with van der Waals surface area (Å²) in [4.78, 5) is 36.0. The number of hydrogen-bond donors (Lipinski definition) is 6. The van der Waals surface area contributed by atoms with Crippen LogP contribution in [0.15, 0.2) is 42.5 Å². The molecule has 2 rings (SSSR count). The molecule has 0 heterocycles. The minimum absolute atomic E-state index is 0.00109. The van der Waals surface area contributed by atoms with Gasteiger partial charge in [0.1, 0.15) is 6.04 Å². The standard InChI is InChI=1S/C23H26F3N5O4/c1-12(2)7-19(32)31-18(21(34)35)8-13-3-5-16(6-4-13)29-20(33)14-9-15(23(24,25)26)11-17(10-14)30-22(27)28/h3-6,9-12,18H,7-8H2,1-2H3,(H,29,33)(H,31,32)(H,34,35)(H4,27,28,30). The van der Waals surface area contributed by atoms with Crippen molar-refractivity contribution in [1.29, 1.82) is 5.41 Å². The smallest absolute Gasteiger partial charge is 0.416 e. The van der Waals surface area contributed by atoms with E-state index in [0.717, 1.165) is 12.1 Å². The molecule has 2 aromatic carbocycles. The lowest BCUT2D eigenvalue weighted by Gasteiger charge is -2.16. The van der Waals surface area contributed by atoms with Crippen molar-refractivity contribution in [2.24, 2.45) is 11.7 Å². The predicted molar refractivity (Wildman–Crippen MR) is 124 cm³/mol. The Bertz CT molecular complexity index is 1100. The maximum atomic E-state index is 13.2. The van der Waals surface area contributed by atoms with E-state index in [2.05, 4.69) is 16.0 Å². The Morgan fingerprint density at radius 2 is 1.66 bits per heavy atom. The van der Waals surface area contributed by atoms with E-state index >= 15 is 0 Å². The number of carbonyl (C=O) groups excluding carboxylic acids is 2. The van der Waals surface area contributed by atoms with Crippen LogP contribution in [0.5, 0.6) is 0 Å². The molecule has 0 saturated carbocycles. The summed E-state index contributed by atoms with van der Waals surface area (Å²) in [6.45, 7) is 3.67. The molecule has 35 heavy (non-hydrogen) atoms. The molecule has 0 aliphatic heterocycles. The largest absolute Gasteiger partial charge is 0.480 e. The molecular formula is C23H26F3N5O4. The summed E-state index contributed by atoms with van der Waals surface area (Å²) >= 11 is 0. The van der Waals surface area contributed by atoms with Crippen LogP contribution in [0.2, 0.25) is 0 Å². The summed E-state index contributed by atoms with van der Waals surface area (Å²) in [5.74, 6) is -2.93. The molecule has 9 nitrogen and oxygen atoms in total. The van der Waals surface area contributed by atoms with Gasteiger partial charge in [0.15, 0.2) is 5.96 Å². The SMILES string of the molecule is CC(C)CC(=O)NC(Cc1ccc(NC(=O)c2cc(NC(=N)N)cc(C(F)(F)F)c2)cc1)C(=O)O. The second-order valence-electron chi connectivity index (χ2n) is 8.25. The Hall–Kier alpha value is -4.09. The normalized spacial score (nSPS) is 12.1. The number of aliphatic carboxylic acids is 1. The molecule has 12 heteroatoms. The molecule has 0 radical (unpaired) electrons. The number of rotatable bonds is 9. The number of nitrogens with one attached hydrogen (secondary N) is 4. The van der Waals surface area contributed by atoms with Crippen LogP contribution in [0.1, 0.15) is 41.8 Å². The van der Waals surface area contributed by atoms with E-state index in [9.17, 15) is 32.7 Å². The Morgan fingerprint density at radius 1 is 1.03 bits per heavy atom. The van der Waals surface area contributed by atoms with Gasteiger partial charge in [-0.15, -0.1) is 0 Å². The van der Waals surface area contributed by atoms with Crippen LogP contribution < -0.4 is 21.7 Å². The minimum atomic E-state index is -4.73. The first-order valence-electron chi connectivity index (χ1n) is 10.5. The monoisotopic (exact) mass is 493 g/mol. The van der Waals surface area contributed by atoms with Gasteiger partial charge in [-0.05, 0) is 41.8 Å². The molecule has 188 valence electrons. The van der Waals surface area contributed by atoms with Gasteiger partial charge in [-0.25, -0.2) is 4.79 Å². The Labute approximate surface area is 199 Å². The van der Waals surface area contributed by atoms with Gasteiger partial charge in [0.05, 0.1) is 5.56 Å². The second-order valence-corrected chi connectivity index (χ2v) is 8.25. The van der Waals surface area contributed by atoms with Gasteiger partial charge in [0.25, 0.3) is 5.91 Å². The summed E-state index contributed by atoms with van der Waals surface area (Å²) in [5.41, 5.74) is 4.42. The highest BCUT2D eigenvalue weighted by molar-refractivity contribution is 6.05. The van der Waals surface area contributed by atoms with Gasteiger partial charge in [-0.3, -0.25) is 15.0 Å². The van der Waals surface area contributed by atoms with Crippen molar-refractivity contribution in [2.45, 2.75) is 38.9 Å². The highest BCUT2D eigenvalue weighted by atomic mass is 19.4. The van der Waals surface area contributed by atoms with Crippen molar-refractivity contribution in [3.8, 4) is 0 Å². The van der Waals surface area contributed by atoms with E-state index in [4.69, 9.17) is 11.1 Å². The van der Waals surface area contributed by atoms with Gasteiger partial charge in [0.2, 0.25) is 5.91 Å². The van der Waals surface area contributed by atoms with Crippen molar-refractivity contribution in [2.75, 3.05) is 10.6 Å². The summed E-state index contributed by atoms with van der Waals surface area (Å²) in [7, 11) is 0. The lowest BCUT2D eigenvalue weighted by molar-refractivity contribution is -0.142. The number of carboxylic acid groups (broad SMARTS) is 1. The molecule has 1 unspecified atom stereocenters. The fourth-order valence-electron chi connectivity index (χ4n) is 3.14. The van der Waals surface area contributed by atoms with E-state index in [1.807, 2.05) is 13.8 Å². The summed E-state index contributed by atoms with van der Waals surface area (Å²) < 4.78 is 39.6. The molecule has 2 aromatic rings. The third-order valence-corrected chi connectivity index (χ3v) is 4.68. The molecule has 0 spiro atoms. The van der Waals surface area contributed by atoms with Crippen molar-refractivity contribution >= 4 is 35.1 Å². The molecule has 7 N–H and O–H groups in total. The number of hydrogen-bond acceptors (Lipinski definition) is 4. The summed E-state index contributed by atoms with van der Waals surface area (Å²) in [6.07, 6.45) is -4.54. The van der Waals surface area contributed by atoms with Crippen LogP contribution in [0.3, 0.4) is 0 Å². The second kappa shape index (κ2) is 11.4. The van der Waals surface area contributed by atoms with Gasteiger partial charge >= 0.3 is 12.1 Å². The quantitative estimate of drug-likeness (QED) is 0.232. The lowest BCUT2D eigenvalue weighted by Crippen LogP contribution is -2.42. The Morgan fingerprint density at radius 3 is 2.17 bits per heavy atom. The van der Waals surface area contributed by atoms with Crippen LogP contribution in [-0.4, -0.2) is 34.9 Å². The number of guanidine groups is 1. The molecule has 2 amide bonds. The zero-order valence-electron chi connectivity index (χ0n) is 19.0. The maximum Gasteiger partial charge on any atom is 0.416 e. The number of anilines is 2. The van der Waals surface area contributed by atoms with Crippen molar-refractivity contribution in [3.05, 3.63) is 59.2 Å². The summed E-state index contributed by atoms with van der Waals surface area (Å²) in [5, 5.41) is 23.8. The molecule has 0 bridgehead atoms. The third-order valence-electron chi connectivity index (χ3n) is 4.68. The molecular weight excluding hydrogens is 467 g/mol. The third kappa shape index (κ3) is 8.65. The first-order valence-corrected chi connectivity index (χ1v) is 10.5. The van der Waals surface area contributed by atoms with Gasteiger partial charge in [-0.1, -0.05) is 26.0 Å². The van der Waals surface area contributed by atoms with E-state index in [-0.39, 0.29) is 41.6 Å². The lowest BCUT2D eigenvalue weighted by atomic mass is 10.0. The topological polar surface area (TPSA) is 157 Å². The summed E-state index contributed by atoms with van der Waals surface area (Å²) in [6, 6.07) is 7.38. The average Bonchev–Trinajstić information content (AvgIpc) is 2.72. The predicted octanol–water partition coefficient (Wildman–Crippen LogP) is 3.42. The number of nitrogens with two attached hydrogens (primary N) is 1. The number of alkyl halides is 3. The fourth-order valence-corrected chi connectivity index (χ4v) is 3.14. The van der Waals surface area contributed by atoms with Crippen molar-refractivity contribution in [1.82, 2.24) is 5.32 Å². The first-order chi connectivity index (χ1) is 16.2. The zero-order chi connectivity index (χ0) is 26.3. The van der Waals surface area contributed by atoms with Crippen LogP contribution in [-0.2, 0) is 22.2 Å². The van der Waals surface area contributed by atoms with Gasteiger partial charge < -0.3 is 26.8 Å². The highest BCUT2D eigenvalue weighted by Gasteiger charge is 2.32. The Balaban J connectivity index is 2.14. The minimum Gasteiger partial charge on any atom is -0.480 e. The van der Waals surface area contributed by atoms with Crippen molar-refractivity contribution in [3.63, 3.8) is 0 Å². The van der Waals surface area contributed by atoms with Crippen LogP contribution in [0.4, 0.5) is 24.5 Å². The number of benzene rings is 2. The molecule has 0 aliphatic rings. The fraction of sp³-hybridized carbons (Fsp3) is 0.304. The number of amides is 2. The van der Waals surface area contributed by atoms with Crippen molar-refractivity contribution < 1.29 is 32.7 Å². The van der Waals surface area contributed by atoms with Crippen LogP contribution in [0.25, 0.3) is 0 Å². The average molecular weight is 493 g/mol. The van der Waals surface area contributed by atoms with Gasteiger partial charge in [-0.2, -0.15) is 13.2 Å². The highest BCUT2D eigenvalue weighted by Crippen LogP contribution is 2.32. The van der Waals surface area contributed by atoms with Crippen LogP contribution in [0, 0.1) is 11.3 Å². The molecule has 0 aliphatic carbocycles. The molecule has 0 fully saturated rings. The molecule has 1 atom stereocenters. The number of carboxylic acids is 1. The molecule has 0 saturated heterocycles. The van der Waals surface area contributed by atoms with E-state index < -0.39 is 35.6 Å². The van der Waals surface area contributed by atoms with E-state index in [1.54, 1.807) is 0 Å². The maximum absolute atomic E-state index is 13.2. The van der Waals surface area contributed by atoms with Gasteiger partial charge in [0, 0.05) is 29.8 Å². The number of halogens is 3.